The summed E-state index contributed by atoms with van der Waals surface area (Å²) in [7, 11) is 1.64. The Morgan fingerprint density at radius 3 is 2.47 bits per heavy atom. The van der Waals surface area contributed by atoms with Crippen molar-refractivity contribution in [3.05, 3.63) is 42.7 Å². The van der Waals surface area contributed by atoms with Gasteiger partial charge in [0.1, 0.15) is 12.1 Å². The number of methoxy groups -OCH3 is 1. The highest BCUT2D eigenvalue weighted by molar-refractivity contribution is 6.18. The fraction of sp³-hybridized carbons (Fsp3) is 0.462. The van der Waals surface area contributed by atoms with E-state index in [0.29, 0.717) is 35.7 Å². The molecule has 0 saturated carbocycles. The first-order chi connectivity index (χ1) is 17.7. The third-order valence-electron chi connectivity index (χ3n) is 6.10. The van der Waals surface area contributed by atoms with Gasteiger partial charge >= 0.3 is 0 Å². The van der Waals surface area contributed by atoms with Crippen LogP contribution in [0.5, 0.6) is 11.5 Å². The van der Waals surface area contributed by atoms with Crippen molar-refractivity contribution >= 4 is 51.3 Å². The van der Waals surface area contributed by atoms with Crippen LogP contribution in [-0.2, 0) is 4.74 Å². The van der Waals surface area contributed by atoms with Gasteiger partial charge in [0.25, 0.3) is 0 Å². The summed E-state index contributed by atoms with van der Waals surface area (Å²) in [6, 6.07) is 12.0. The average molecular weight is 534 g/mol. The second-order valence-corrected chi connectivity index (χ2v) is 9.19. The Kier molecular flexibility index (Phi) is 10.1. The maximum Gasteiger partial charge on any atom is 0.162 e. The molecule has 3 aromatic rings. The molecule has 4 rings (SSSR count). The van der Waals surface area contributed by atoms with E-state index >= 15 is 0 Å². The smallest absolute Gasteiger partial charge is 0.162 e. The van der Waals surface area contributed by atoms with Crippen LogP contribution in [-0.4, -0.2) is 86.3 Å². The van der Waals surface area contributed by atoms with E-state index in [2.05, 4.69) is 37.2 Å². The normalized spacial score (nSPS) is 14.1. The molecule has 0 bridgehead atoms. The number of aromatic nitrogens is 2. The number of nitrogens with one attached hydrogen (secondary N) is 1. The predicted octanol–water partition coefficient (Wildman–Crippen LogP) is 4.77. The van der Waals surface area contributed by atoms with Crippen LogP contribution in [0.2, 0.25) is 0 Å². The number of ether oxygens (including phenoxy) is 3. The highest BCUT2D eigenvalue weighted by Gasteiger charge is 2.14. The number of rotatable bonds is 13. The molecule has 0 amide bonds. The van der Waals surface area contributed by atoms with Crippen molar-refractivity contribution in [2.75, 3.05) is 81.6 Å². The van der Waals surface area contributed by atoms with Crippen molar-refractivity contribution in [2.24, 2.45) is 0 Å². The molecule has 1 aromatic heterocycles. The van der Waals surface area contributed by atoms with Gasteiger partial charge in [-0.1, -0.05) is 0 Å². The third-order valence-corrected chi connectivity index (χ3v) is 6.44. The molecule has 2 heterocycles. The summed E-state index contributed by atoms with van der Waals surface area (Å²) < 4.78 is 17.1. The van der Waals surface area contributed by atoms with Crippen molar-refractivity contribution in [3.8, 4) is 11.5 Å². The van der Waals surface area contributed by atoms with E-state index in [1.165, 1.54) is 0 Å². The Balaban J connectivity index is 1.47. The summed E-state index contributed by atoms with van der Waals surface area (Å²) in [6.45, 7) is 6.63. The number of hydrogen-bond donors (Lipinski definition) is 1. The standard InChI is InChI=1S/C26H33Cl2N5O3/c1-34-24-18-23-22(17-25(24)36-14-2-9-32-12-15-35-16-13-32)26(30-19-29-23)31-20-3-5-21(6-4-20)33(10-7-27)11-8-28/h3-6,17-19H,2,7-16H2,1H3,(H,29,30,31). The molecule has 36 heavy (non-hydrogen) atoms. The van der Waals surface area contributed by atoms with Crippen LogP contribution in [0, 0.1) is 0 Å². The van der Waals surface area contributed by atoms with Gasteiger partial charge in [0, 0.05) is 67.3 Å². The molecule has 0 aliphatic carbocycles. The largest absolute Gasteiger partial charge is 0.493 e. The van der Waals surface area contributed by atoms with Crippen LogP contribution >= 0.6 is 23.2 Å². The number of fused-ring (bicyclic) bond motifs is 1. The van der Waals surface area contributed by atoms with E-state index in [-0.39, 0.29) is 0 Å². The summed E-state index contributed by atoms with van der Waals surface area (Å²) in [6.07, 6.45) is 2.47. The van der Waals surface area contributed by atoms with Gasteiger partial charge in [-0.2, -0.15) is 0 Å². The van der Waals surface area contributed by atoms with Crippen LogP contribution in [0.15, 0.2) is 42.7 Å². The second-order valence-electron chi connectivity index (χ2n) is 8.44. The van der Waals surface area contributed by atoms with Crippen LogP contribution in [0.1, 0.15) is 6.42 Å². The summed E-state index contributed by atoms with van der Waals surface area (Å²) in [5, 5.41) is 4.27. The highest BCUT2D eigenvalue weighted by Crippen LogP contribution is 2.35. The summed E-state index contributed by atoms with van der Waals surface area (Å²) in [4.78, 5) is 13.5. The van der Waals surface area contributed by atoms with Crippen LogP contribution in [0.25, 0.3) is 10.9 Å². The quantitative estimate of drug-likeness (QED) is 0.249. The lowest BCUT2D eigenvalue weighted by Crippen LogP contribution is -2.37. The van der Waals surface area contributed by atoms with Gasteiger partial charge in [-0.05, 0) is 36.8 Å². The maximum absolute atomic E-state index is 6.13. The van der Waals surface area contributed by atoms with Crippen molar-refractivity contribution in [3.63, 3.8) is 0 Å². The molecule has 1 aliphatic rings. The van der Waals surface area contributed by atoms with Gasteiger partial charge in [0.2, 0.25) is 0 Å². The van der Waals surface area contributed by atoms with E-state index in [1.807, 2.05) is 24.3 Å². The number of hydrogen-bond acceptors (Lipinski definition) is 8. The Bertz CT molecular complexity index is 1090. The third kappa shape index (κ3) is 7.03. The molecule has 1 N–H and O–H groups in total. The summed E-state index contributed by atoms with van der Waals surface area (Å²) >= 11 is 11.9. The number of anilines is 3. The van der Waals surface area contributed by atoms with Crippen LogP contribution in [0.4, 0.5) is 17.2 Å². The van der Waals surface area contributed by atoms with E-state index in [0.717, 1.165) is 74.6 Å². The van der Waals surface area contributed by atoms with E-state index < -0.39 is 0 Å². The zero-order chi connectivity index (χ0) is 25.2. The molecule has 0 unspecified atom stereocenters. The van der Waals surface area contributed by atoms with Crippen molar-refractivity contribution in [2.45, 2.75) is 6.42 Å². The average Bonchev–Trinajstić information content (AvgIpc) is 2.92. The van der Waals surface area contributed by atoms with Gasteiger partial charge in [0.05, 0.1) is 32.4 Å². The van der Waals surface area contributed by atoms with Gasteiger partial charge in [0.15, 0.2) is 11.5 Å². The Morgan fingerprint density at radius 1 is 1.03 bits per heavy atom. The molecule has 194 valence electrons. The van der Waals surface area contributed by atoms with E-state index in [9.17, 15) is 0 Å². The first-order valence-electron chi connectivity index (χ1n) is 12.2. The van der Waals surface area contributed by atoms with Gasteiger partial charge < -0.3 is 24.4 Å². The Hall–Kier alpha value is -2.52. The fourth-order valence-corrected chi connectivity index (χ4v) is 4.61. The molecule has 10 heteroatoms. The number of nitrogens with zero attached hydrogens (tertiary/aromatic N) is 4. The summed E-state index contributed by atoms with van der Waals surface area (Å²) in [5.74, 6) is 3.13. The Morgan fingerprint density at radius 2 is 1.78 bits per heavy atom. The lowest BCUT2D eigenvalue weighted by molar-refractivity contribution is 0.0357. The number of morpholine rings is 1. The minimum absolute atomic E-state index is 0.547. The second kappa shape index (κ2) is 13.7. The minimum Gasteiger partial charge on any atom is -0.493 e. The molecule has 1 aliphatic heterocycles. The number of alkyl halides is 2. The number of benzene rings is 2. The van der Waals surface area contributed by atoms with Gasteiger partial charge in [-0.15, -0.1) is 23.2 Å². The van der Waals surface area contributed by atoms with Gasteiger partial charge in [-0.3, -0.25) is 4.90 Å². The molecule has 0 atom stereocenters. The topological polar surface area (TPSA) is 72.0 Å². The van der Waals surface area contributed by atoms with Crippen molar-refractivity contribution in [1.29, 1.82) is 0 Å². The zero-order valence-electron chi connectivity index (χ0n) is 20.6. The van der Waals surface area contributed by atoms with Crippen LogP contribution in [0.3, 0.4) is 0 Å². The lowest BCUT2D eigenvalue weighted by Gasteiger charge is -2.26. The molecule has 8 nitrogen and oxygen atoms in total. The van der Waals surface area contributed by atoms with Gasteiger partial charge in [-0.25, -0.2) is 9.97 Å². The molecule has 0 spiro atoms. The fourth-order valence-electron chi connectivity index (χ4n) is 4.20. The highest BCUT2D eigenvalue weighted by atomic mass is 35.5. The molecule has 0 radical (unpaired) electrons. The maximum atomic E-state index is 6.13. The molecular weight excluding hydrogens is 501 g/mol. The first kappa shape index (κ1) is 26.5. The minimum atomic E-state index is 0.547. The lowest BCUT2D eigenvalue weighted by atomic mass is 10.2. The Labute approximate surface area is 222 Å². The molecule has 1 saturated heterocycles. The zero-order valence-corrected chi connectivity index (χ0v) is 22.1. The monoisotopic (exact) mass is 533 g/mol. The van der Waals surface area contributed by atoms with E-state index in [1.54, 1.807) is 13.4 Å². The SMILES string of the molecule is COc1cc2ncnc(Nc3ccc(N(CCCl)CCCl)cc3)c2cc1OCCCN1CCOCC1. The van der Waals surface area contributed by atoms with E-state index in [4.69, 9.17) is 37.4 Å². The first-order valence-corrected chi connectivity index (χ1v) is 13.3. The van der Waals surface area contributed by atoms with Crippen molar-refractivity contribution in [1.82, 2.24) is 14.9 Å². The summed E-state index contributed by atoms with van der Waals surface area (Å²) in [5.41, 5.74) is 2.77. The molecule has 1 fully saturated rings. The molecular formula is C26H33Cl2N5O3. The van der Waals surface area contributed by atoms with Crippen molar-refractivity contribution < 1.29 is 14.2 Å². The number of halogens is 2. The predicted molar refractivity (Wildman–Crippen MR) is 147 cm³/mol. The van der Waals surface area contributed by atoms with Crippen LogP contribution < -0.4 is 19.7 Å². The molecule has 2 aromatic carbocycles.